The van der Waals surface area contributed by atoms with Gasteiger partial charge in [-0.25, -0.2) is 0 Å². The van der Waals surface area contributed by atoms with Crippen LogP contribution in [-0.2, 0) is 10.8 Å². The SMILES string of the molecule is C=C/C=C(\C=C)N(C(/C=C\C)=C/C)c1c2ccc(C(C)(C)C)cc2c(N(/C(C=C)=C/C=C)C(/C=C\C)=C/C)c2ccc(C(C)(C)C)cc12.CC.CC.CC.CO.CO. The number of hydrogen-bond acceptors (Lipinski definition) is 4. The zero-order valence-corrected chi connectivity index (χ0v) is 40.0. The summed E-state index contributed by atoms with van der Waals surface area (Å²) in [5.74, 6) is 0. The molecule has 3 rings (SSSR count). The molecule has 0 spiro atoms. The highest BCUT2D eigenvalue weighted by atomic mass is 16.2. The van der Waals surface area contributed by atoms with Gasteiger partial charge in [0.25, 0.3) is 0 Å². The number of rotatable bonds is 12. The van der Waals surface area contributed by atoms with Crippen molar-refractivity contribution in [2.45, 2.75) is 122 Å². The van der Waals surface area contributed by atoms with Crippen molar-refractivity contribution in [3.8, 4) is 0 Å². The average Bonchev–Trinajstić information content (AvgIpc) is 3.24. The Morgan fingerprint density at radius 3 is 0.983 bits per heavy atom. The van der Waals surface area contributed by atoms with Gasteiger partial charge in [-0.05, 0) is 98.2 Å². The lowest BCUT2D eigenvalue weighted by Crippen LogP contribution is -2.24. The summed E-state index contributed by atoms with van der Waals surface area (Å²) in [5, 5.41) is 18.5. The fraction of sp³-hybridized carbons (Fsp3) is 0.370. The van der Waals surface area contributed by atoms with Crippen LogP contribution >= 0.6 is 0 Å². The van der Waals surface area contributed by atoms with Crippen LogP contribution in [0.15, 0.2) is 158 Å². The summed E-state index contributed by atoms with van der Waals surface area (Å²) in [5.41, 5.74) is 8.51. The molecular formula is C54H82N2O2. The van der Waals surface area contributed by atoms with Gasteiger partial charge < -0.3 is 20.0 Å². The number of anilines is 2. The molecule has 4 heteroatoms. The Hall–Kier alpha value is -4.90. The molecule has 4 nitrogen and oxygen atoms in total. The van der Waals surface area contributed by atoms with Crippen molar-refractivity contribution in [2.24, 2.45) is 0 Å². The third-order valence-electron chi connectivity index (χ3n) is 8.53. The predicted octanol–water partition coefficient (Wildman–Crippen LogP) is 16.0. The van der Waals surface area contributed by atoms with E-state index in [2.05, 4.69) is 178 Å². The van der Waals surface area contributed by atoms with Crippen molar-refractivity contribution >= 4 is 32.9 Å². The number of aliphatic hydroxyl groups excluding tert-OH is 2. The van der Waals surface area contributed by atoms with E-state index in [-0.39, 0.29) is 10.8 Å². The third-order valence-corrected chi connectivity index (χ3v) is 8.53. The van der Waals surface area contributed by atoms with Crippen LogP contribution in [0.3, 0.4) is 0 Å². The monoisotopic (exact) mass is 791 g/mol. The van der Waals surface area contributed by atoms with Gasteiger partial charge in [0.1, 0.15) is 0 Å². The van der Waals surface area contributed by atoms with Crippen LogP contribution in [0.1, 0.15) is 122 Å². The molecule has 3 aromatic rings. The lowest BCUT2D eigenvalue weighted by atomic mass is 9.82. The van der Waals surface area contributed by atoms with Crippen LogP contribution in [0.4, 0.5) is 11.4 Å². The second kappa shape index (κ2) is 30.2. The van der Waals surface area contributed by atoms with Gasteiger partial charge in [0, 0.05) is 58.6 Å². The van der Waals surface area contributed by atoms with Gasteiger partial charge in [-0.3, -0.25) is 0 Å². The predicted molar refractivity (Wildman–Crippen MR) is 268 cm³/mol. The van der Waals surface area contributed by atoms with Crippen LogP contribution in [-0.4, -0.2) is 24.4 Å². The highest BCUT2D eigenvalue weighted by molar-refractivity contribution is 6.22. The molecule has 0 aliphatic rings. The topological polar surface area (TPSA) is 46.9 Å². The first-order chi connectivity index (χ1) is 27.8. The number of allylic oxidation sites excluding steroid dienone is 12. The van der Waals surface area contributed by atoms with Gasteiger partial charge in [-0.2, -0.15) is 0 Å². The highest BCUT2D eigenvalue weighted by Gasteiger charge is 2.28. The molecule has 0 amide bonds. The number of benzene rings is 3. The van der Waals surface area contributed by atoms with E-state index >= 15 is 0 Å². The number of fused-ring (bicyclic) bond motifs is 2. The molecule has 0 unspecified atom stereocenters. The van der Waals surface area contributed by atoms with Crippen LogP contribution in [0, 0.1) is 0 Å². The average molecular weight is 791 g/mol. The zero-order valence-electron chi connectivity index (χ0n) is 40.0. The van der Waals surface area contributed by atoms with Gasteiger partial charge in [-0.1, -0.05) is 170 Å². The maximum Gasteiger partial charge on any atom is 0.0619 e. The Kier molecular flexibility index (Phi) is 29.9. The summed E-state index contributed by atoms with van der Waals surface area (Å²) >= 11 is 0. The molecule has 0 saturated heterocycles. The Bertz CT molecular complexity index is 1760. The molecule has 0 aromatic heterocycles. The summed E-state index contributed by atoms with van der Waals surface area (Å²) in [7, 11) is 2.00. The number of nitrogens with zero attached hydrogens (tertiary/aromatic N) is 2. The molecule has 0 aliphatic carbocycles. The fourth-order valence-electron chi connectivity index (χ4n) is 6.06. The Balaban J connectivity index is -0.00000280. The van der Waals surface area contributed by atoms with Gasteiger partial charge in [-0.15, -0.1) is 0 Å². The van der Waals surface area contributed by atoms with Crippen LogP contribution in [0.5, 0.6) is 0 Å². The molecule has 0 bridgehead atoms. The molecular weight excluding hydrogens is 709 g/mol. The number of aliphatic hydroxyl groups is 2. The second-order valence-electron chi connectivity index (χ2n) is 13.9. The van der Waals surface area contributed by atoms with E-state index in [1.807, 2.05) is 78.0 Å². The van der Waals surface area contributed by atoms with Crippen LogP contribution < -0.4 is 9.80 Å². The summed E-state index contributed by atoms with van der Waals surface area (Å²) < 4.78 is 0. The highest BCUT2D eigenvalue weighted by Crippen LogP contribution is 2.49. The first-order valence-electron chi connectivity index (χ1n) is 20.8. The molecule has 0 saturated carbocycles. The summed E-state index contributed by atoms with van der Waals surface area (Å²) in [6, 6.07) is 13.9. The summed E-state index contributed by atoms with van der Waals surface area (Å²) in [4.78, 5) is 4.65. The zero-order chi connectivity index (χ0) is 45.8. The minimum absolute atomic E-state index is 0.0688. The molecule has 58 heavy (non-hydrogen) atoms. The normalized spacial score (nSPS) is 12.0. The van der Waals surface area contributed by atoms with Crippen molar-refractivity contribution < 1.29 is 10.2 Å². The van der Waals surface area contributed by atoms with E-state index in [4.69, 9.17) is 10.2 Å². The maximum atomic E-state index is 7.00. The molecule has 3 aromatic carbocycles. The lowest BCUT2D eigenvalue weighted by molar-refractivity contribution is 0.399. The minimum Gasteiger partial charge on any atom is -0.400 e. The Labute approximate surface area is 357 Å². The van der Waals surface area contributed by atoms with Crippen molar-refractivity contribution in [2.75, 3.05) is 24.0 Å². The van der Waals surface area contributed by atoms with E-state index in [0.29, 0.717) is 0 Å². The lowest BCUT2D eigenvalue weighted by Gasteiger charge is -2.35. The molecule has 0 atom stereocenters. The van der Waals surface area contributed by atoms with Gasteiger partial charge in [0.2, 0.25) is 0 Å². The Morgan fingerprint density at radius 1 is 0.483 bits per heavy atom. The van der Waals surface area contributed by atoms with Crippen molar-refractivity contribution in [1.82, 2.24) is 0 Å². The largest absolute Gasteiger partial charge is 0.400 e. The Morgan fingerprint density at radius 2 is 0.776 bits per heavy atom. The standard InChI is InChI=1S/C46H56N2.3C2H6.2CH4O/c1-15-23-35(19-5)47(36(20-6)24-16-2)43-39-29-27-34(46(12,13)14)32-42(39)44(40-30-28-33(31-41(40)43)45(9,10)11)48(37(21-7)25-17-3)38(22-8)26-18-4;5*1-2/h15-32H,1,3,5,7H2,2,4,6,8-14H3;3*1-2H3;2*2H,1H3/b24-16-,26-18-,35-23+,36-20+,37-25+,38-22+;;;;;. The smallest absolute Gasteiger partial charge is 0.0619 e. The van der Waals surface area contributed by atoms with Crippen molar-refractivity contribution in [3.05, 3.63) is 170 Å². The second-order valence-corrected chi connectivity index (χ2v) is 13.9. The van der Waals surface area contributed by atoms with E-state index in [1.165, 1.54) is 11.1 Å². The molecule has 0 aliphatic heterocycles. The minimum atomic E-state index is -0.0688. The van der Waals surface area contributed by atoms with E-state index in [9.17, 15) is 0 Å². The molecule has 2 N–H and O–H groups in total. The maximum absolute atomic E-state index is 7.00. The molecule has 0 radical (unpaired) electrons. The fourth-order valence-corrected chi connectivity index (χ4v) is 6.06. The van der Waals surface area contributed by atoms with E-state index in [0.717, 1.165) is 69.9 Å². The van der Waals surface area contributed by atoms with Crippen molar-refractivity contribution in [3.63, 3.8) is 0 Å². The van der Waals surface area contributed by atoms with E-state index in [1.54, 1.807) is 0 Å². The summed E-state index contributed by atoms with van der Waals surface area (Å²) in [6.07, 6.45) is 24.3. The third kappa shape index (κ3) is 14.8. The first-order valence-corrected chi connectivity index (χ1v) is 20.8. The molecule has 0 heterocycles. The quantitative estimate of drug-likeness (QED) is 0.109. The molecule has 0 fully saturated rings. The van der Waals surface area contributed by atoms with Gasteiger partial charge in [0.15, 0.2) is 0 Å². The van der Waals surface area contributed by atoms with Crippen LogP contribution in [0.25, 0.3) is 21.5 Å². The first kappa shape index (κ1) is 57.4. The van der Waals surface area contributed by atoms with E-state index < -0.39 is 0 Å². The van der Waals surface area contributed by atoms with Gasteiger partial charge in [0.05, 0.1) is 11.4 Å². The summed E-state index contributed by atoms with van der Waals surface area (Å²) in [6.45, 7) is 50.5. The van der Waals surface area contributed by atoms with Crippen molar-refractivity contribution in [1.29, 1.82) is 0 Å². The number of hydrogen-bond donors (Lipinski definition) is 2. The molecule has 320 valence electrons. The van der Waals surface area contributed by atoms with Crippen LogP contribution in [0.2, 0.25) is 0 Å². The van der Waals surface area contributed by atoms with Gasteiger partial charge >= 0.3 is 0 Å².